The minimum Gasteiger partial charge on any atom is -0.379 e. The Balaban J connectivity index is 1.92. The molecule has 0 aliphatic heterocycles. The van der Waals surface area contributed by atoms with E-state index in [-0.39, 0.29) is 11.8 Å². The van der Waals surface area contributed by atoms with Crippen molar-refractivity contribution in [3.63, 3.8) is 0 Å². The molecule has 1 aromatic rings. The number of sulfone groups is 1. The van der Waals surface area contributed by atoms with Gasteiger partial charge in [0.1, 0.15) is 0 Å². The molecular weight excluding hydrogens is 362 g/mol. The third-order valence-electron chi connectivity index (χ3n) is 4.64. The minimum atomic E-state index is -3.34. The number of benzene rings is 1. The lowest BCUT2D eigenvalue weighted by Gasteiger charge is -2.26. The van der Waals surface area contributed by atoms with Crippen LogP contribution in [-0.2, 0) is 14.6 Å². The van der Waals surface area contributed by atoms with Gasteiger partial charge in [0.15, 0.2) is 15.8 Å². The van der Waals surface area contributed by atoms with Gasteiger partial charge in [-0.1, -0.05) is 25.1 Å². The summed E-state index contributed by atoms with van der Waals surface area (Å²) in [6.45, 7) is 6.81. The Labute approximate surface area is 163 Å². The van der Waals surface area contributed by atoms with Crippen LogP contribution in [0.1, 0.15) is 33.1 Å². The number of guanidine groups is 1. The number of hydrogen-bond acceptors (Lipinski definition) is 4. The van der Waals surface area contributed by atoms with E-state index in [0.29, 0.717) is 24.5 Å². The monoisotopic (exact) mass is 395 g/mol. The number of likely N-dealkylation sites (N-methyl/N-ethyl adjacent to an activating group) is 1. The molecule has 1 atom stereocenters. The summed E-state index contributed by atoms with van der Waals surface area (Å²) in [7, 11) is -1.38. The van der Waals surface area contributed by atoms with Crippen molar-refractivity contribution in [2.24, 2.45) is 10.9 Å². The van der Waals surface area contributed by atoms with E-state index in [1.807, 2.05) is 31.9 Å². The molecule has 0 radical (unpaired) electrons. The highest BCUT2D eigenvalue weighted by Crippen LogP contribution is 2.28. The van der Waals surface area contributed by atoms with Crippen molar-refractivity contribution in [1.82, 2.24) is 10.2 Å². The van der Waals surface area contributed by atoms with Crippen LogP contribution in [0.2, 0.25) is 0 Å². The second-order valence-electron chi connectivity index (χ2n) is 7.08. The molecular formula is C20H33N3O3S. The summed E-state index contributed by atoms with van der Waals surface area (Å²) in [5.41, 5.74) is 0. The van der Waals surface area contributed by atoms with Gasteiger partial charge in [0.25, 0.3) is 0 Å². The van der Waals surface area contributed by atoms with Crippen LogP contribution in [0.3, 0.4) is 0 Å². The molecule has 0 saturated heterocycles. The molecule has 27 heavy (non-hydrogen) atoms. The Bertz CT molecular complexity index is 688. The molecule has 1 fully saturated rings. The van der Waals surface area contributed by atoms with Crippen molar-refractivity contribution in [3.05, 3.63) is 30.3 Å². The van der Waals surface area contributed by atoms with Crippen molar-refractivity contribution < 1.29 is 13.2 Å². The topological polar surface area (TPSA) is 71.0 Å². The van der Waals surface area contributed by atoms with Crippen LogP contribution in [0.4, 0.5) is 0 Å². The van der Waals surface area contributed by atoms with Gasteiger partial charge in [-0.15, -0.1) is 0 Å². The molecule has 7 heteroatoms. The largest absolute Gasteiger partial charge is 0.379 e. The van der Waals surface area contributed by atoms with E-state index in [0.717, 1.165) is 25.0 Å². The average Bonchev–Trinajstić information content (AvgIpc) is 3.49. The first-order valence-corrected chi connectivity index (χ1v) is 11.5. The zero-order chi connectivity index (χ0) is 19.7. The molecule has 152 valence electrons. The van der Waals surface area contributed by atoms with Crippen LogP contribution in [0, 0.1) is 5.92 Å². The summed E-state index contributed by atoms with van der Waals surface area (Å²) in [5.74, 6) is 1.52. The molecule has 0 heterocycles. The Morgan fingerprint density at radius 3 is 2.59 bits per heavy atom. The molecule has 0 amide bonds. The van der Waals surface area contributed by atoms with E-state index in [1.165, 1.54) is 12.8 Å². The summed E-state index contributed by atoms with van der Waals surface area (Å²) < 4.78 is 31.1. The molecule has 0 aromatic heterocycles. The quantitative estimate of drug-likeness (QED) is 0.354. The van der Waals surface area contributed by atoms with E-state index in [4.69, 9.17) is 4.74 Å². The summed E-state index contributed by atoms with van der Waals surface area (Å²) in [4.78, 5) is 6.89. The van der Waals surface area contributed by atoms with Gasteiger partial charge in [0.05, 0.1) is 17.3 Å². The first-order valence-electron chi connectivity index (χ1n) is 9.84. The predicted molar refractivity (Wildman–Crippen MR) is 110 cm³/mol. The zero-order valence-corrected chi connectivity index (χ0v) is 17.5. The average molecular weight is 396 g/mol. The van der Waals surface area contributed by atoms with Gasteiger partial charge in [-0.05, 0) is 44.2 Å². The van der Waals surface area contributed by atoms with Crippen molar-refractivity contribution >= 4 is 15.8 Å². The van der Waals surface area contributed by atoms with E-state index < -0.39 is 9.84 Å². The molecule has 1 unspecified atom stereocenters. The smallest absolute Gasteiger partial charge is 0.193 e. The first kappa shape index (κ1) is 21.7. The third-order valence-corrected chi connectivity index (χ3v) is 6.47. The molecule has 0 bridgehead atoms. The normalized spacial score (nSPS) is 16.2. The summed E-state index contributed by atoms with van der Waals surface area (Å²) in [5, 5.41) is 3.33. The molecule has 1 aliphatic carbocycles. The van der Waals surface area contributed by atoms with Crippen molar-refractivity contribution in [2.75, 3.05) is 39.1 Å². The number of aliphatic imine (C=N–C) groups is 1. The summed E-state index contributed by atoms with van der Waals surface area (Å²) >= 11 is 0. The summed E-state index contributed by atoms with van der Waals surface area (Å²) in [6.07, 6.45) is 3.27. The highest BCUT2D eigenvalue weighted by molar-refractivity contribution is 7.91. The molecule has 2 rings (SSSR count). The van der Waals surface area contributed by atoms with Crippen molar-refractivity contribution in [1.29, 1.82) is 0 Å². The van der Waals surface area contributed by atoms with Gasteiger partial charge >= 0.3 is 0 Å². The molecule has 1 N–H and O–H groups in total. The highest BCUT2D eigenvalue weighted by atomic mass is 32.2. The van der Waals surface area contributed by atoms with Gasteiger partial charge < -0.3 is 15.0 Å². The Morgan fingerprint density at radius 2 is 2.00 bits per heavy atom. The number of hydrogen-bond donors (Lipinski definition) is 1. The number of nitrogens with one attached hydrogen (secondary N) is 1. The molecule has 6 nitrogen and oxygen atoms in total. The second kappa shape index (κ2) is 10.7. The van der Waals surface area contributed by atoms with E-state index >= 15 is 0 Å². The molecule has 0 spiro atoms. The van der Waals surface area contributed by atoms with E-state index in [9.17, 15) is 8.42 Å². The van der Waals surface area contributed by atoms with Crippen LogP contribution in [0.25, 0.3) is 0 Å². The van der Waals surface area contributed by atoms with Gasteiger partial charge in [-0.3, -0.25) is 4.99 Å². The Kier molecular flexibility index (Phi) is 8.57. The fraction of sp³-hybridized carbons (Fsp3) is 0.650. The van der Waals surface area contributed by atoms with E-state index in [2.05, 4.69) is 10.3 Å². The third kappa shape index (κ3) is 7.50. The maximum absolute atomic E-state index is 12.7. The molecule has 1 aliphatic rings. The van der Waals surface area contributed by atoms with Gasteiger partial charge in [-0.25, -0.2) is 8.42 Å². The van der Waals surface area contributed by atoms with Crippen LogP contribution in [0.15, 0.2) is 40.2 Å². The van der Waals surface area contributed by atoms with E-state index in [1.54, 1.807) is 24.3 Å². The lowest BCUT2D eigenvalue weighted by molar-refractivity contribution is 0.115. The highest BCUT2D eigenvalue weighted by Gasteiger charge is 2.23. The minimum absolute atomic E-state index is 0.0439. The Morgan fingerprint density at radius 1 is 1.30 bits per heavy atom. The number of rotatable bonds is 11. The first-order chi connectivity index (χ1) is 13.0. The van der Waals surface area contributed by atoms with Gasteiger partial charge in [-0.2, -0.15) is 0 Å². The standard InChI is InChI=1S/C20H33N3O3S/c1-4-18(16-27(24,25)19-9-7-6-8-10-19)22-20(21-5-2)23(3)13-14-26-15-17-11-12-17/h6-10,17-18H,4-5,11-16H2,1-3H3,(H,21,22). The van der Waals surface area contributed by atoms with Gasteiger partial charge in [0, 0.05) is 32.8 Å². The van der Waals surface area contributed by atoms with Crippen LogP contribution >= 0.6 is 0 Å². The summed E-state index contributed by atoms with van der Waals surface area (Å²) in [6, 6.07) is 8.41. The fourth-order valence-electron chi connectivity index (χ4n) is 2.70. The second-order valence-corrected chi connectivity index (χ2v) is 9.12. The molecule has 1 saturated carbocycles. The lowest BCUT2D eigenvalue weighted by Crippen LogP contribution is -2.47. The van der Waals surface area contributed by atoms with Crippen LogP contribution in [0.5, 0.6) is 0 Å². The predicted octanol–water partition coefficient (Wildman–Crippen LogP) is 2.56. The SMILES string of the molecule is CCN=C(NC(CC)CS(=O)(=O)c1ccccc1)N(C)CCOCC1CC1. The number of nitrogens with zero attached hydrogens (tertiary/aromatic N) is 2. The maximum atomic E-state index is 12.7. The van der Waals surface area contributed by atoms with Crippen LogP contribution in [-0.4, -0.2) is 64.4 Å². The number of ether oxygens (including phenoxy) is 1. The fourth-order valence-corrected chi connectivity index (χ4v) is 4.31. The lowest BCUT2D eigenvalue weighted by atomic mass is 10.2. The van der Waals surface area contributed by atoms with Crippen molar-refractivity contribution in [2.45, 2.75) is 44.0 Å². The maximum Gasteiger partial charge on any atom is 0.193 e. The molecule has 1 aromatic carbocycles. The van der Waals surface area contributed by atoms with Crippen molar-refractivity contribution in [3.8, 4) is 0 Å². The van der Waals surface area contributed by atoms with Gasteiger partial charge in [0.2, 0.25) is 0 Å². The zero-order valence-electron chi connectivity index (χ0n) is 16.7. The van der Waals surface area contributed by atoms with Crippen LogP contribution < -0.4 is 5.32 Å². The Hall–Kier alpha value is -1.60.